The lowest BCUT2D eigenvalue weighted by Crippen LogP contribution is -2.33. The number of imidazole rings is 1. The van der Waals surface area contributed by atoms with Crippen LogP contribution in [0.3, 0.4) is 0 Å². The summed E-state index contributed by atoms with van der Waals surface area (Å²) >= 11 is 0. The molecule has 0 saturated carbocycles. The molecule has 0 aliphatic rings. The van der Waals surface area contributed by atoms with E-state index in [0.717, 1.165) is 6.07 Å². The average Bonchev–Trinajstić information content (AvgIpc) is 2.88. The Labute approximate surface area is 108 Å². The van der Waals surface area contributed by atoms with E-state index in [4.69, 9.17) is 0 Å². The maximum atomic E-state index is 12.9. The largest absolute Gasteiger partial charge is 0.343 e. The predicted octanol–water partition coefficient (Wildman–Crippen LogP) is 0.917. The van der Waals surface area contributed by atoms with Crippen LogP contribution in [0.2, 0.25) is 0 Å². The number of anilines is 1. The van der Waals surface area contributed by atoms with Gasteiger partial charge in [0.15, 0.2) is 0 Å². The molecule has 2 amide bonds. The van der Waals surface area contributed by atoms with Gasteiger partial charge in [0.25, 0.3) is 5.91 Å². The fraction of sp³-hybridized carbons (Fsp3) is 0.0833. The van der Waals surface area contributed by atoms with Crippen molar-refractivity contribution in [2.24, 2.45) is 0 Å². The first-order valence-electron chi connectivity index (χ1n) is 5.48. The van der Waals surface area contributed by atoms with Crippen molar-refractivity contribution in [2.75, 3.05) is 11.9 Å². The molecule has 0 aliphatic carbocycles. The van der Waals surface area contributed by atoms with Gasteiger partial charge in [-0.2, -0.15) is 0 Å². The first-order chi connectivity index (χ1) is 9.15. The molecule has 2 rings (SSSR count). The Bertz CT molecular complexity index is 583. The van der Waals surface area contributed by atoms with E-state index in [-0.39, 0.29) is 12.1 Å². The molecule has 0 aliphatic heterocycles. The number of nitrogens with one attached hydrogen (secondary N) is 3. The fourth-order valence-corrected chi connectivity index (χ4v) is 1.40. The van der Waals surface area contributed by atoms with Gasteiger partial charge in [0.2, 0.25) is 11.9 Å². The van der Waals surface area contributed by atoms with Gasteiger partial charge in [0.05, 0.1) is 6.54 Å². The van der Waals surface area contributed by atoms with Crippen molar-refractivity contribution < 1.29 is 14.0 Å². The van der Waals surface area contributed by atoms with Crippen LogP contribution in [0.25, 0.3) is 0 Å². The highest BCUT2D eigenvalue weighted by Gasteiger charge is 2.09. The molecule has 0 fully saturated rings. The zero-order valence-electron chi connectivity index (χ0n) is 9.81. The van der Waals surface area contributed by atoms with Gasteiger partial charge in [-0.05, 0) is 18.2 Å². The number of carbonyl (C=O) groups is 2. The molecular weight excluding hydrogens is 251 g/mol. The summed E-state index contributed by atoms with van der Waals surface area (Å²) in [6, 6.07) is 5.22. The summed E-state index contributed by atoms with van der Waals surface area (Å²) in [4.78, 5) is 29.6. The smallest absolute Gasteiger partial charge is 0.251 e. The third-order valence-electron chi connectivity index (χ3n) is 2.25. The average molecular weight is 262 g/mol. The third-order valence-corrected chi connectivity index (χ3v) is 2.25. The number of carbonyl (C=O) groups excluding carboxylic acids is 2. The standard InChI is InChI=1S/C12H11FN4O2/c13-9-3-1-2-8(6-9)11(19)16-7-10(18)17-12-14-4-5-15-12/h1-6H,7H2,(H,16,19)(H2,14,15,17,18). The normalized spacial score (nSPS) is 9.95. The SMILES string of the molecule is O=C(CNC(=O)c1cccc(F)c1)Nc1ncc[nH]1. The van der Waals surface area contributed by atoms with Gasteiger partial charge < -0.3 is 10.3 Å². The number of aromatic nitrogens is 2. The Morgan fingerprint density at radius 2 is 2.21 bits per heavy atom. The number of hydrogen-bond donors (Lipinski definition) is 3. The van der Waals surface area contributed by atoms with E-state index in [0.29, 0.717) is 5.95 Å². The molecule has 0 spiro atoms. The van der Waals surface area contributed by atoms with Crippen LogP contribution in [0.1, 0.15) is 10.4 Å². The van der Waals surface area contributed by atoms with Crippen molar-refractivity contribution in [1.82, 2.24) is 15.3 Å². The highest BCUT2D eigenvalue weighted by Crippen LogP contribution is 2.03. The molecule has 19 heavy (non-hydrogen) atoms. The molecule has 0 radical (unpaired) electrons. The maximum absolute atomic E-state index is 12.9. The lowest BCUT2D eigenvalue weighted by Gasteiger charge is -2.05. The molecule has 0 saturated heterocycles. The van der Waals surface area contributed by atoms with Crippen molar-refractivity contribution >= 4 is 17.8 Å². The molecule has 0 unspecified atom stereocenters. The van der Waals surface area contributed by atoms with E-state index in [1.54, 1.807) is 6.20 Å². The second-order valence-corrected chi connectivity index (χ2v) is 3.68. The summed E-state index contributed by atoms with van der Waals surface area (Å²) in [5.74, 6) is -1.16. The molecule has 7 heteroatoms. The van der Waals surface area contributed by atoms with Crippen LogP contribution in [-0.4, -0.2) is 28.3 Å². The lowest BCUT2D eigenvalue weighted by atomic mass is 10.2. The molecule has 2 aromatic rings. The number of hydrogen-bond acceptors (Lipinski definition) is 3. The fourth-order valence-electron chi connectivity index (χ4n) is 1.40. The molecule has 1 aromatic carbocycles. The molecular formula is C12H11FN4O2. The van der Waals surface area contributed by atoms with Crippen LogP contribution >= 0.6 is 0 Å². The Hall–Kier alpha value is -2.70. The number of amides is 2. The Balaban J connectivity index is 1.85. The van der Waals surface area contributed by atoms with Crippen LogP contribution in [0.5, 0.6) is 0 Å². The maximum Gasteiger partial charge on any atom is 0.251 e. The summed E-state index contributed by atoms with van der Waals surface area (Å²) in [5.41, 5.74) is 0.158. The monoisotopic (exact) mass is 262 g/mol. The first-order valence-corrected chi connectivity index (χ1v) is 5.48. The number of nitrogens with zero attached hydrogens (tertiary/aromatic N) is 1. The van der Waals surface area contributed by atoms with Crippen LogP contribution in [0.15, 0.2) is 36.7 Å². The predicted molar refractivity (Wildman–Crippen MR) is 66.0 cm³/mol. The lowest BCUT2D eigenvalue weighted by molar-refractivity contribution is -0.115. The van der Waals surface area contributed by atoms with Crippen molar-refractivity contribution in [3.63, 3.8) is 0 Å². The van der Waals surface area contributed by atoms with E-state index < -0.39 is 17.6 Å². The quantitative estimate of drug-likeness (QED) is 0.765. The highest BCUT2D eigenvalue weighted by molar-refractivity contribution is 5.98. The van der Waals surface area contributed by atoms with Gasteiger partial charge in [-0.1, -0.05) is 6.07 Å². The van der Waals surface area contributed by atoms with Crippen molar-refractivity contribution in [2.45, 2.75) is 0 Å². The second-order valence-electron chi connectivity index (χ2n) is 3.68. The van der Waals surface area contributed by atoms with E-state index in [1.165, 1.54) is 24.4 Å². The zero-order valence-corrected chi connectivity index (χ0v) is 9.81. The first kappa shape index (κ1) is 12.7. The van der Waals surface area contributed by atoms with Gasteiger partial charge in [-0.3, -0.25) is 14.9 Å². The van der Waals surface area contributed by atoms with Gasteiger partial charge in [0.1, 0.15) is 5.82 Å². The number of aromatic amines is 1. The van der Waals surface area contributed by atoms with Crippen molar-refractivity contribution in [1.29, 1.82) is 0 Å². The minimum absolute atomic E-state index is 0.158. The molecule has 1 aromatic heterocycles. The number of H-pyrrole nitrogens is 1. The topological polar surface area (TPSA) is 86.9 Å². The third kappa shape index (κ3) is 3.63. The van der Waals surface area contributed by atoms with E-state index in [2.05, 4.69) is 20.6 Å². The van der Waals surface area contributed by atoms with Gasteiger partial charge >= 0.3 is 0 Å². The summed E-state index contributed by atoms with van der Waals surface area (Å²) in [7, 11) is 0. The highest BCUT2D eigenvalue weighted by atomic mass is 19.1. The Morgan fingerprint density at radius 1 is 1.37 bits per heavy atom. The van der Waals surface area contributed by atoms with Crippen molar-refractivity contribution in [3.05, 3.63) is 48.0 Å². The van der Waals surface area contributed by atoms with Crippen molar-refractivity contribution in [3.8, 4) is 0 Å². The molecule has 98 valence electrons. The molecule has 3 N–H and O–H groups in total. The molecule has 0 atom stereocenters. The summed E-state index contributed by atoms with van der Waals surface area (Å²) < 4.78 is 12.9. The summed E-state index contributed by atoms with van der Waals surface area (Å²) in [5, 5.41) is 4.82. The van der Waals surface area contributed by atoms with Gasteiger partial charge in [0, 0.05) is 18.0 Å². The van der Waals surface area contributed by atoms with Crippen LogP contribution in [-0.2, 0) is 4.79 Å². The van der Waals surface area contributed by atoms with Gasteiger partial charge in [-0.25, -0.2) is 9.37 Å². The number of benzene rings is 1. The summed E-state index contributed by atoms with van der Waals surface area (Å²) in [6.45, 7) is -0.226. The van der Waals surface area contributed by atoms with Crippen LogP contribution in [0, 0.1) is 5.82 Å². The zero-order chi connectivity index (χ0) is 13.7. The Morgan fingerprint density at radius 3 is 2.89 bits per heavy atom. The van der Waals surface area contributed by atoms with Crippen LogP contribution < -0.4 is 10.6 Å². The number of rotatable bonds is 4. The van der Waals surface area contributed by atoms with E-state index in [9.17, 15) is 14.0 Å². The molecule has 0 bridgehead atoms. The summed E-state index contributed by atoms with van der Waals surface area (Å²) in [6.07, 6.45) is 3.04. The Kier molecular flexibility index (Phi) is 3.87. The second kappa shape index (κ2) is 5.76. The van der Waals surface area contributed by atoms with E-state index in [1.807, 2.05) is 0 Å². The number of halogens is 1. The minimum atomic E-state index is -0.519. The molecule has 1 heterocycles. The van der Waals surface area contributed by atoms with Gasteiger partial charge in [-0.15, -0.1) is 0 Å². The molecule has 6 nitrogen and oxygen atoms in total. The van der Waals surface area contributed by atoms with E-state index >= 15 is 0 Å². The minimum Gasteiger partial charge on any atom is -0.343 e. The van der Waals surface area contributed by atoms with Crippen LogP contribution in [0.4, 0.5) is 10.3 Å².